The quantitative estimate of drug-likeness (QED) is 0.755. The van der Waals surface area contributed by atoms with E-state index < -0.39 is 9.84 Å². The Morgan fingerprint density at radius 1 is 1.09 bits per heavy atom. The molecule has 1 aromatic heterocycles. The van der Waals surface area contributed by atoms with Gasteiger partial charge in [-0.3, -0.25) is 0 Å². The van der Waals surface area contributed by atoms with Crippen LogP contribution in [0.4, 0.5) is 11.6 Å². The van der Waals surface area contributed by atoms with Crippen molar-refractivity contribution in [2.75, 3.05) is 11.6 Å². The Labute approximate surface area is 136 Å². The van der Waals surface area contributed by atoms with Gasteiger partial charge in [0.15, 0.2) is 9.84 Å². The van der Waals surface area contributed by atoms with Gasteiger partial charge in [0.25, 0.3) is 0 Å². The number of hydrogen-bond acceptors (Lipinski definition) is 5. The molecule has 3 rings (SSSR count). The summed E-state index contributed by atoms with van der Waals surface area (Å²) >= 11 is 3.46. The summed E-state index contributed by atoms with van der Waals surface area (Å²) in [6.45, 7) is 0. The summed E-state index contributed by atoms with van der Waals surface area (Å²) in [5.74, 6) is 0.450. The molecule has 0 radical (unpaired) electrons. The molecule has 0 fully saturated rings. The number of para-hydroxylation sites is 1. The standard InChI is InChI=1S/C15H12BrN3O2S/c1-22(20,21)12-7-5-11(6-8-12)18-15-17-9-10-3-2-4-13(16)14(10)19-15/h2-9H,1H3,(H,17,18,19). The number of nitrogens with one attached hydrogen (secondary N) is 1. The molecule has 7 heteroatoms. The van der Waals surface area contributed by atoms with Crippen LogP contribution in [0.5, 0.6) is 0 Å². The Morgan fingerprint density at radius 2 is 1.82 bits per heavy atom. The normalized spacial score (nSPS) is 11.5. The smallest absolute Gasteiger partial charge is 0.227 e. The molecule has 0 spiro atoms. The zero-order valence-corrected chi connectivity index (χ0v) is 14.0. The van der Waals surface area contributed by atoms with E-state index in [9.17, 15) is 8.42 Å². The van der Waals surface area contributed by atoms with Gasteiger partial charge >= 0.3 is 0 Å². The van der Waals surface area contributed by atoms with Crippen molar-refractivity contribution in [3.63, 3.8) is 0 Å². The number of aromatic nitrogens is 2. The average molecular weight is 378 g/mol. The lowest BCUT2D eigenvalue weighted by Gasteiger charge is -2.07. The minimum absolute atomic E-state index is 0.278. The van der Waals surface area contributed by atoms with Gasteiger partial charge in [-0.15, -0.1) is 0 Å². The second-order valence-electron chi connectivity index (χ2n) is 4.79. The van der Waals surface area contributed by atoms with Crippen molar-refractivity contribution in [2.24, 2.45) is 0 Å². The molecule has 1 heterocycles. The summed E-state index contributed by atoms with van der Waals surface area (Å²) < 4.78 is 23.8. The predicted octanol–water partition coefficient (Wildman–Crippen LogP) is 3.54. The maximum Gasteiger partial charge on any atom is 0.227 e. The van der Waals surface area contributed by atoms with Crippen molar-refractivity contribution in [3.8, 4) is 0 Å². The van der Waals surface area contributed by atoms with Gasteiger partial charge in [0.2, 0.25) is 5.95 Å². The molecule has 112 valence electrons. The topological polar surface area (TPSA) is 72.0 Å². The molecule has 0 saturated carbocycles. The second kappa shape index (κ2) is 5.66. The van der Waals surface area contributed by atoms with Gasteiger partial charge < -0.3 is 5.32 Å². The fourth-order valence-corrected chi connectivity index (χ4v) is 3.10. The van der Waals surface area contributed by atoms with E-state index in [1.54, 1.807) is 30.5 Å². The molecule has 5 nitrogen and oxygen atoms in total. The summed E-state index contributed by atoms with van der Waals surface area (Å²) in [6.07, 6.45) is 2.92. The Bertz CT molecular complexity index is 941. The van der Waals surface area contributed by atoms with Crippen LogP contribution >= 0.6 is 15.9 Å². The van der Waals surface area contributed by atoms with Gasteiger partial charge in [-0.25, -0.2) is 18.4 Å². The highest BCUT2D eigenvalue weighted by Crippen LogP contribution is 2.23. The molecule has 22 heavy (non-hydrogen) atoms. The number of benzene rings is 2. The summed E-state index contributed by atoms with van der Waals surface area (Å²) in [6, 6.07) is 12.2. The fourth-order valence-electron chi connectivity index (χ4n) is 1.99. The lowest BCUT2D eigenvalue weighted by molar-refractivity contribution is 0.602. The van der Waals surface area contributed by atoms with Gasteiger partial charge in [0, 0.05) is 28.0 Å². The van der Waals surface area contributed by atoms with Gasteiger partial charge in [-0.1, -0.05) is 12.1 Å². The van der Waals surface area contributed by atoms with E-state index in [1.165, 1.54) is 6.26 Å². The molecule has 0 atom stereocenters. The molecule has 0 saturated heterocycles. The van der Waals surface area contributed by atoms with Crippen LogP contribution in [-0.2, 0) is 9.84 Å². The molecule has 0 aliphatic carbocycles. The van der Waals surface area contributed by atoms with Crippen LogP contribution in [0.25, 0.3) is 10.9 Å². The largest absolute Gasteiger partial charge is 0.324 e. The van der Waals surface area contributed by atoms with E-state index in [4.69, 9.17) is 0 Å². The first-order valence-corrected chi connectivity index (χ1v) is 9.10. The third-order valence-corrected chi connectivity index (χ3v) is 4.87. The van der Waals surface area contributed by atoms with Crippen LogP contribution in [0.2, 0.25) is 0 Å². The summed E-state index contributed by atoms with van der Waals surface area (Å²) in [5, 5.41) is 4.00. The Hall–Kier alpha value is -1.99. The zero-order chi connectivity index (χ0) is 15.7. The molecule has 1 N–H and O–H groups in total. The van der Waals surface area contributed by atoms with Crippen LogP contribution < -0.4 is 5.32 Å². The van der Waals surface area contributed by atoms with Crippen molar-refractivity contribution in [1.82, 2.24) is 9.97 Å². The summed E-state index contributed by atoms with van der Waals surface area (Å²) in [5.41, 5.74) is 1.53. The van der Waals surface area contributed by atoms with Crippen molar-refractivity contribution in [1.29, 1.82) is 0 Å². The number of nitrogens with zero attached hydrogens (tertiary/aromatic N) is 2. The highest BCUT2D eigenvalue weighted by atomic mass is 79.9. The first-order chi connectivity index (χ1) is 10.4. The minimum Gasteiger partial charge on any atom is -0.324 e. The Kier molecular flexibility index (Phi) is 3.84. The number of sulfone groups is 1. The van der Waals surface area contributed by atoms with Crippen LogP contribution in [0.1, 0.15) is 0 Å². The molecule has 0 aliphatic heterocycles. The first-order valence-electron chi connectivity index (χ1n) is 6.42. The molecule has 3 aromatic rings. The van der Waals surface area contributed by atoms with E-state index in [-0.39, 0.29) is 4.90 Å². The average Bonchev–Trinajstić information content (AvgIpc) is 2.48. The molecule has 0 unspecified atom stereocenters. The monoisotopic (exact) mass is 377 g/mol. The molecular formula is C15H12BrN3O2S. The van der Waals surface area contributed by atoms with Gasteiger partial charge in [0.05, 0.1) is 10.4 Å². The first kappa shape index (κ1) is 14.9. The second-order valence-corrected chi connectivity index (χ2v) is 7.66. The number of anilines is 2. The molecule has 0 aliphatic rings. The molecule has 0 bridgehead atoms. The van der Waals surface area contributed by atoms with Crippen molar-refractivity contribution < 1.29 is 8.42 Å². The lowest BCUT2D eigenvalue weighted by atomic mass is 10.2. The highest BCUT2D eigenvalue weighted by molar-refractivity contribution is 9.10. The Morgan fingerprint density at radius 3 is 2.50 bits per heavy atom. The van der Waals surface area contributed by atoms with Gasteiger partial charge in [-0.05, 0) is 46.3 Å². The lowest BCUT2D eigenvalue weighted by Crippen LogP contribution is -1.99. The van der Waals surface area contributed by atoms with E-state index >= 15 is 0 Å². The van der Waals surface area contributed by atoms with Gasteiger partial charge in [-0.2, -0.15) is 0 Å². The summed E-state index contributed by atoms with van der Waals surface area (Å²) in [7, 11) is -3.19. The molecule has 0 amide bonds. The van der Waals surface area contributed by atoms with Crippen LogP contribution in [0.15, 0.2) is 58.0 Å². The SMILES string of the molecule is CS(=O)(=O)c1ccc(Nc2ncc3cccc(Br)c3n2)cc1. The number of halogens is 1. The number of hydrogen-bond donors (Lipinski definition) is 1. The number of fused-ring (bicyclic) bond motifs is 1. The molecular weight excluding hydrogens is 366 g/mol. The molecule has 2 aromatic carbocycles. The van der Waals surface area contributed by atoms with Crippen LogP contribution in [0, 0.1) is 0 Å². The maximum atomic E-state index is 11.4. The Balaban J connectivity index is 1.91. The highest BCUT2D eigenvalue weighted by Gasteiger charge is 2.07. The minimum atomic E-state index is -3.19. The zero-order valence-electron chi connectivity index (χ0n) is 11.6. The van der Waals surface area contributed by atoms with E-state index in [2.05, 4.69) is 31.2 Å². The number of rotatable bonds is 3. The van der Waals surface area contributed by atoms with Crippen LogP contribution in [-0.4, -0.2) is 24.6 Å². The van der Waals surface area contributed by atoms with Crippen molar-refractivity contribution in [3.05, 3.63) is 53.1 Å². The van der Waals surface area contributed by atoms with Gasteiger partial charge in [0.1, 0.15) is 0 Å². The maximum absolute atomic E-state index is 11.4. The third kappa shape index (κ3) is 3.10. The van der Waals surface area contributed by atoms with Crippen molar-refractivity contribution in [2.45, 2.75) is 4.90 Å². The van der Waals surface area contributed by atoms with E-state index in [1.807, 2.05) is 18.2 Å². The third-order valence-electron chi connectivity index (χ3n) is 3.10. The van der Waals surface area contributed by atoms with E-state index in [0.717, 1.165) is 21.1 Å². The van der Waals surface area contributed by atoms with Crippen LogP contribution in [0.3, 0.4) is 0 Å². The predicted molar refractivity (Wildman–Crippen MR) is 90.1 cm³/mol. The van der Waals surface area contributed by atoms with E-state index in [0.29, 0.717) is 5.95 Å². The summed E-state index contributed by atoms with van der Waals surface area (Å²) in [4.78, 5) is 8.99. The van der Waals surface area contributed by atoms with Crippen molar-refractivity contribution >= 4 is 48.3 Å². The fraction of sp³-hybridized carbons (Fsp3) is 0.0667.